The van der Waals surface area contributed by atoms with Gasteiger partial charge in [0.2, 0.25) is 11.6 Å². The van der Waals surface area contributed by atoms with Crippen molar-refractivity contribution >= 4 is 32.9 Å². The van der Waals surface area contributed by atoms with E-state index in [9.17, 15) is 10.1 Å². The number of fused-ring (bicyclic) bond motifs is 2. The summed E-state index contributed by atoms with van der Waals surface area (Å²) in [7, 11) is 1.57. The van der Waals surface area contributed by atoms with Crippen LogP contribution in [0.5, 0.6) is 23.0 Å². The van der Waals surface area contributed by atoms with Crippen molar-refractivity contribution < 1.29 is 28.2 Å². The average molecular weight is 603 g/mol. The van der Waals surface area contributed by atoms with Gasteiger partial charge in [0.15, 0.2) is 11.5 Å². The Balaban J connectivity index is 1.46. The van der Waals surface area contributed by atoms with Crippen molar-refractivity contribution in [2.24, 2.45) is 5.73 Å². The molecule has 0 fully saturated rings. The third kappa shape index (κ3) is 5.10. The number of furan rings is 1. The molecule has 1 aliphatic rings. The Morgan fingerprint density at radius 1 is 1.12 bits per heavy atom. The van der Waals surface area contributed by atoms with E-state index in [1.54, 1.807) is 38.3 Å². The first-order chi connectivity index (χ1) is 19.3. The number of nitrogens with zero attached hydrogens (tertiary/aromatic N) is 1. The zero-order chi connectivity index (χ0) is 28.4. The molecule has 0 bridgehead atoms. The van der Waals surface area contributed by atoms with Crippen LogP contribution in [0, 0.1) is 18.3 Å². The molecule has 0 saturated heterocycles. The van der Waals surface area contributed by atoms with E-state index in [0.29, 0.717) is 40.6 Å². The lowest BCUT2D eigenvalue weighted by molar-refractivity contribution is 0.0702. The third-order valence-electron chi connectivity index (χ3n) is 6.76. The highest BCUT2D eigenvalue weighted by molar-refractivity contribution is 9.10. The maximum Gasteiger partial charge on any atom is 0.379 e. The SMILES string of the molecule is CCCCOc1ccc(C2C(C#N)=C(N)Oc3cc(OC(=O)c4oc5ccc(Br)cc5c4C)ccc32)cc1OC. The lowest BCUT2D eigenvalue weighted by Gasteiger charge is -2.27. The fourth-order valence-corrected chi connectivity index (χ4v) is 5.05. The van der Waals surface area contributed by atoms with Gasteiger partial charge in [0.1, 0.15) is 28.7 Å². The fourth-order valence-electron chi connectivity index (χ4n) is 4.69. The molecule has 1 aromatic heterocycles. The molecule has 1 aliphatic heterocycles. The van der Waals surface area contributed by atoms with Crippen molar-refractivity contribution in [3.8, 4) is 29.1 Å². The van der Waals surface area contributed by atoms with Gasteiger partial charge in [-0.3, -0.25) is 0 Å². The zero-order valence-corrected chi connectivity index (χ0v) is 23.8. The molecule has 9 heteroatoms. The summed E-state index contributed by atoms with van der Waals surface area (Å²) in [6.07, 6.45) is 1.94. The van der Waals surface area contributed by atoms with Crippen LogP contribution in [0.1, 0.15) is 52.9 Å². The minimum Gasteiger partial charge on any atom is -0.493 e. The number of methoxy groups -OCH3 is 1. The van der Waals surface area contributed by atoms with Crippen LogP contribution in [0.15, 0.2) is 74.9 Å². The van der Waals surface area contributed by atoms with Gasteiger partial charge in [-0.2, -0.15) is 5.26 Å². The summed E-state index contributed by atoms with van der Waals surface area (Å²) in [5.74, 6) is 0.728. The summed E-state index contributed by atoms with van der Waals surface area (Å²) < 4.78 is 29.6. The highest BCUT2D eigenvalue weighted by atomic mass is 79.9. The Kier molecular flexibility index (Phi) is 7.71. The number of ether oxygens (including phenoxy) is 4. The van der Waals surface area contributed by atoms with E-state index in [-0.39, 0.29) is 23.0 Å². The van der Waals surface area contributed by atoms with Crippen LogP contribution < -0.4 is 24.7 Å². The van der Waals surface area contributed by atoms with Crippen molar-refractivity contribution in [2.45, 2.75) is 32.6 Å². The van der Waals surface area contributed by atoms with Gasteiger partial charge in [0.25, 0.3) is 0 Å². The Hall–Kier alpha value is -4.42. The number of carbonyl (C=O) groups is 1. The van der Waals surface area contributed by atoms with E-state index in [0.717, 1.165) is 28.3 Å². The molecule has 0 saturated carbocycles. The van der Waals surface area contributed by atoms with E-state index in [1.165, 1.54) is 0 Å². The van der Waals surface area contributed by atoms with E-state index in [1.807, 2.05) is 30.3 Å². The highest BCUT2D eigenvalue weighted by Crippen LogP contribution is 2.45. The predicted molar refractivity (Wildman–Crippen MR) is 153 cm³/mol. The molecule has 2 N–H and O–H groups in total. The number of unbranched alkanes of at least 4 members (excludes halogenated alkanes) is 1. The number of halogens is 1. The second-order valence-electron chi connectivity index (χ2n) is 9.32. The maximum atomic E-state index is 13.0. The standard InChI is InChI=1S/C31H27BrN2O6/c1-4-5-12-37-25-10-6-18(13-27(25)36-3)28-21-9-8-20(15-26(21)40-30(34)23(28)16-33)38-31(35)29-17(2)22-14-19(32)7-11-24(22)39-29/h6-11,13-15,28H,4-5,12,34H2,1-3H3. The van der Waals surface area contributed by atoms with Gasteiger partial charge in [0.05, 0.1) is 19.6 Å². The molecule has 1 unspecified atom stereocenters. The van der Waals surface area contributed by atoms with E-state index >= 15 is 0 Å². The average Bonchev–Trinajstić information content (AvgIpc) is 3.28. The van der Waals surface area contributed by atoms with Crippen LogP contribution in [0.3, 0.4) is 0 Å². The number of allylic oxidation sites excluding steroid dienone is 1. The number of nitrogens with two attached hydrogens (primary N) is 1. The summed E-state index contributed by atoms with van der Waals surface area (Å²) in [4.78, 5) is 13.0. The number of hydrogen-bond acceptors (Lipinski definition) is 8. The number of nitriles is 1. The number of esters is 1. The normalized spacial score (nSPS) is 14.3. The highest BCUT2D eigenvalue weighted by Gasteiger charge is 2.32. The number of carbonyl (C=O) groups excluding carboxylic acids is 1. The van der Waals surface area contributed by atoms with Crippen molar-refractivity contribution in [2.75, 3.05) is 13.7 Å². The van der Waals surface area contributed by atoms with Gasteiger partial charge in [-0.05, 0) is 55.3 Å². The summed E-state index contributed by atoms with van der Waals surface area (Å²) in [6, 6.07) is 18.2. The Bertz CT molecular complexity index is 1680. The molecule has 0 aliphatic carbocycles. The monoisotopic (exact) mass is 602 g/mol. The lowest BCUT2D eigenvalue weighted by atomic mass is 9.83. The van der Waals surface area contributed by atoms with Crippen LogP contribution in [0.25, 0.3) is 11.0 Å². The first-order valence-electron chi connectivity index (χ1n) is 12.8. The molecule has 2 heterocycles. The predicted octanol–water partition coefficient (Wildman–Crippen LogP) is 7.13. The third-order valence-corrected chi connectivity index (χ3v) is 7.25. The first kappa shape index (κ1) is 27.2. The zero-order valence-electron chi connectivity index (χ0n) is 22.2. The largest absolute Gasteiger partial charge is 0.493 e. The first-order valence-corrected chi connectivity index (χ1v) is 13.6. The Morgan fingerprint density at radius 2 is 1.95 bits per heavy atom. The molecule has 3 aromatic carbocycles. The van der Waals surface area contributed by atoms with Crippen LogP contribution in [0.2, 0.25) is 0 Å². The van der Waals surface area contributed by atoms with E-state index < -0.39 is 11.9 Å². The van der Waals surface area contributed by atoms with Crippen LogP contribution in [-0.2, 0) is 0 Å². The van der Waals surface area contributed by atoms with Gasteiger partial charge in [-0.1, -0.05) is 41.4 Å². The summed E-state index contributed by atoms with van der Waals surface area (Å²) in [6.45, 7) is 4.48. The maximum absolute atomic E-state index is 13.0. The number of rotatable bonds is 8. The van der Waals surface area contributed by atoms with Gasteiger partial charge in [-0.25, -0.2) is 4.79 Å². The van der Waals surface area contributed by atoms with E-state index in [4.69, 9.17) is 29.1 Å². The Labute approximate surface area is 240 Å². The molecule has 0 amide bonds. The van der Waals surface area contributed by atoms with Crippen molar-refractivity contribution in [3.05, 3.63) is 93.0 Å². The lowest BCUT2D eigenvalue weighted by Crippen LogP contribution is -2.21. The molecule has 40 heavy (non-hydrogen) atoms. The molecule has 0 radical (unpaired) electrons. The second-order valence-corrected chi connectivity index (χ2v) is 10.2. The molecular formula is C31H27BrN2O6. The Morgan fingerprint density at radius 3 is 2.70 bits per heavy atom. The topological polar surface area (TPSA) is 117 Å². The molecule has 8 nitrogen and oxygen atoms in total. The van der Waals surface area contributed by atoms with Crippen LogP contribution >= 0.6 is 15.9 Å². The molecule has 0 spiro atoms. The molecular weight excluding hydrogens is 576 g/mol. The van der Waals surface area contributed by atoms with Crippen molar-refractivity contribution in [3.63, 3.8) is 0 Å². The van der Waals surface area contributed by atoms with Crippen LogP contribution in [-0.4, -0.2) is 19.7 Å². The van der Waals surface area contributed by atoms with Crippen LogP contribution in [0.4, 0.5) is 0 Å². The molecule has 4 aromatic rings. The van der Waals surface area contributed by atoms with Gasteiger partial charge in [-0.15, -0.1) is 0 Å². The van der Waals surface area contributed by atoms with Crippen molar-refractivity contribution in [1.29, 1.82) is 5.26 Å². The summed E-state index contributed by atoms with van der Waals surface area (Å²) in [5, 5.41) is 10.8. The quantitative estimate of drug-likeness (QED) is 0.128. The fraction of sp³-hybridized carbons (Fsp3) is 0.226. The second kappa shape index (κ2) is 11.4. The molecule has 5 rings (SSSR count). The van der Waals surface area contributed by atoms with Gasteiger partial charge >= 0.3 is 5.97 Å². The van der Waals surface area contributed by atoms with E-state index in [2.05, 4.69) is 28.9 Å². The molecule has 204 valence electrons. The minimum absolute atomic E-state index is 0.0237. The summed E-state index contributed by atoms with van der Waals surface area (Å²) in [5.41, 5.74) is 9.18. The van der Waals surface area contributed by atoms with Gasteiger partial charge in [0, 0.05) is 27.1 Å². The molecule has 1 atom stereocenters. The minimum atomic E-state index is -0.637. The van der Waals surface area contributed by atoms with Gasteiger partial charge < -0.3 is 29.1 Å². The summed E-state index contributed by atoms with van der Waals surface area (Å²) >= 11 is 3.44. The smallest absolute Gasteiger partial charge is 0.379 e. The number of benzene rings is 3. The number of aryl methyl sites for hydroxylation is 1. The number of hydrogen-bond donors (Lipinski definition) is 1. The van der Waals surface area contributed by atoms with Crippen molar-refractivity contribution in [1.82, 2.24) is 0 Å².